The highest BCUT2D eigenvalue weighted by molar-refractivity contribution is 7.80. The van der Waals surface area contributed by atoms with Crippen LogP contribution in [0.15, 0.2) is 41.5 Å². The minimum absolute atomic E-state index is 0.0772. The summed E-state index contributed by atoms with van der Waals surface area (Å²) in [5.74, 6) is -1.31. The number of thiocarbonyl (C=S) groups is 1. The van der Waals surface area contributed by atoms with Gasteiger partial charge in [-0.25, -0.2) is 8.78 Å². The van der Waals surface area contributed by atoms with Gasteiger partial charge in [-0.05, 0) is 43.4 Å². The summed E-state index contributed by atoms with van der Waals surface area (Å²) in [4.78, 5) is 3.49. The smallest absolute Gasteiger partial charge is 0.375 e. The minimum atomic E-state index is -4.44. The van der Waals surface area contributed by atoms with E-state index in [-0.39, 0.29) is 34.5 Å². The van der Waals surface area contributed by atoms with Crippen molar-refractivity contribution in [3.8, 4) is 0 Å². The molecule has 3 rings (SSSR count). The second-order valence-electron chi connectivity index (χ2n) is 7.52. The number of rotatable bonds is 6. The highest BCUT2D eigenvalue weighted by Crippen LogP contribution is 2.33. The van der Waals surface area contributed by atoms with Crippen molar-refractivity contribution in [1.29, 1.82) is 0 Å². The van der Waals surface area contributed by atoms with Crippen molar-refractivity contribution in [3.63, 3.8) is 0 Å². The molecule has 2 aromatic rings. The summed E-state index contributed by atoms with van der Waals surface area (Å²) in [6.45, 7) is 0.899. The van der Waals surface area contributed by atoms with Gasteiger partial charge in [-0.3, -0.25) is 10.3 Å². The number of nitrogens with zero attached hydrogens (tertiary/aromatic N) is 3. The fourth-order valence-electron chi connectivity index (χ4n) is 3.71. The zero-order valence-electron chi connectivity index (χ0n) is 17.2. The first-order valence-electron chi connectivity index (χ1n) is 9.74. The van der Waals surface area contributed by atoms with Crippen LogP contribution in [0.5, 0.6) is 0 Å². The molecule has 32 heavy (non-hydrogen) atoms. The Morgan fingerprint density at radius 1 is 1.28 bits per heavy atom. The lowest BCUT2D eigenvalue weighted by Gasteiger charge is -2.26. The van der Waals surface area contributed by atoms with E-state index in [1.54, 1.807) is 22.9 Å². The molecule has 0 amide bonds. The lowest BCUT2D eigenvalue weighted by atomic mass is 10.1. The number of nitrogens with two attached hydrogens (primary N) is 1. The maximum absolute atomic E-state index is 14.6. The zero-order chi connectivity index (χ0) is 23.5. The van der Waals surface area contributed by atoms with E-state index in [1.807, 2.05) is 0 Å². The molecule has 1 saturated heterocycles. The van der Waals surface area contributed by atoms with Crippen molar-refractivity contribution in [3.05, 3.63) is 64.7 Å². The van der Waals surface area contributed by atoms with E-state index in [2.05, 4.69) is 22.7 Å². The van der Waals surface area contributed by atoms with Crippen molar-refractivity contribution >= 4 is 29.2 Å². The zero-order valence-corrected chi connectivity index (χ0v) is 18.0. The third-order valence-corrected chi connectivity index (χ3v) is 5.41. The molecule has 1 aliphatic heterocycles. The predicted molar refractivity (Wildman–Crippen MR) is 117 cm³/mol. The molecule has 1 aliphatic rings. The molecule has 0 aromatic heterocycles. The van der Waals surface area contributed by atoms with Gasteiger partial charge in [0.15, 0.2) is 5.11 Å². The van der Waals surface area contributed by atoms with Crippen LogP contribution in [0, 0.1) is 11.6 Å². The molecule has 3 N–H and O–H groups in total. The number of hydrogen-bond donors (Lipinski definition) is 2. The molecule has 0 radical (unpaired) electrons. The molecule has 0 aliphatic carbocycles. The van der Waals surface area contributed by atoms with Crippen LogP contribution in [0.25, 0.3) is 0 Å². The Morgan fingerprint density at radius 2 is 2.00 bits per heavy atom. The van der Waals surface area contributed by atoms with Crippen LogP contribution < -0.4 is 16.1 Å². The number of alkyl halides is 3. The summed E-state index contributed by atoms with van der Waals surface area (Å²) in [5, 5.41) is 3.51. The first-order valence-corrected chi connectivity index (χ1v) is 10.1. The summed E-state index contributed by atoms with van der Waals surface area (Å²) in [6.07, 6.45) is -2.76. The Bertz CT molecular complexity index is 1010. The summed E-state index contributed by atoms with van der Waals surface area (Å²) < 4.78 is 68.8. The summed E-state index contributed by atoms with van der Waals surface area (Å²) in [6, 6.07) is 7.42. The van der Waals surface area contributed by atoms with Crippen molar-refractivity contribution < 1.29 is 22.0 Å². The van der Waals surface area contributed by atoms with Crippen LogP contribution in [-0.2, 0) is 12.7 Å². The van der Waals surface area contributed by atoms with Gasteiger partial charge in [-0.1, -0.05) is 18.2 Å². The fourth-order valence-corrected chi connectivity index (χ4v) is 3.76. The topological polar surface area (TPSA) is 56.9 Å². The molecule has 0 unspecified atom stereocenters. The van der Waals surface area contributed by atoms with Crippen molar-refractivity contribution in [2.75, 3.05) is 25.0 Å². The average Bonchev–Trinajstić information content (AvgIpc) is 3.20. The Balaban J connectivity index is 1.70. The Hall–Kier alpha value is -2.79. The second kappa shape index (κ2) is 9.78. The lowest BCUT2D eigenvalue weighted by molar-refractivity contribution is -0.138. The van der Waals surface area contributed by atoms with E-state index in [0.717, 1.165) is 24.4 Å². The van der Waals surface area contributed by atoms with Crippen molar-refractivity contribution in [1.82, 2.24) is 10.3 Å². The monoisotopic (exact) mass is 471 g/mol. The van der Waals surface area contributed by atoms with Crippen LogP contribution >= 0.6 is 12.2 Å². The normalized spacial score (nSPS) is 16.8. The van der Waals surface area contributed by atoms with Crippen molar-refractivity contribution in [2.45, 2.75) is 25.2 Å². The first kappa shape index (κ1) is 23.9. The van der Waals surface area contributed by atoms with Crippen molar-refractivity contribution in [2.24, 2.45) is 10.8 Å². The molecule has 1 atom stereocenters. The van der Waals surface area contributed by atoms with Gasteiger partial charge in [0.2, 0.25) is 0 Å². The fraction of sp³-hybridized carbons (Fsp3) is 0.333. The number of likely N-dealkylation sites (N-methyl/N-ethyl adjacent to an activating group) is 1. The van der Waals surface area contributed by atoms with Gasteiger partial charge in [0.1, 0.15) is 11.6 Å². The Kier molecular flexibility index (Phi) is 7.29. The van der Waals surface area contributed by atoms with E-state index in [9.17, 15) is 22.0 Å². The van der Waals surface area contributed by atoms with E-state index < -0.39 is 23.4 Å². The van der Waals surface area contributed by atoms with E-state index in [1.165, 1.54) is 12.1 Å². The predicted octanol–water partition coefficient (Wildman–Crippen LogP) is 3.86. The van der Waals surface area contributed by atoms with Crippen LogP contribution in [-0.4, -0.2) is 42.4 Å². The quantitative estimate of drug-likeness (QED) is 0.290. The SMILES string of the molecule is CN(Cc1ccccc1C(F)(F)F)[C@H]1CCN(c2cc(F)c(C=NNC(N)=S)cc2F)C1. The third kappa shape index (κ3) is 5.71. The molecule has 2 aromatic carbocycles. The number of nitrogens with one attached hydrogen (secondary N) is 1. The van der Waals surface area contributed by atoms with E-state index in [4.69, 9.17) is 5.73 Å². The maximum Gasteiger partial charge on any atom is 0.416 e. The molecule has 1 heterocycles. The highest BCUT2D eigenvalue weighted by atomic mass is 32.1. The van der Waals surface area contributed by atoms with Gasteiger partial charge in [0.05, 0.1) is 17.5 Å². The average molecular weight is 471 g/mol. The molecular formula is C21H22F5N5S. The molecule has 0 saturated carbocycles. The molecule has 1 fully saturated rings. The summed E-state index contributed by atoms with van der Waals surface area (Å²) in [7, 11) is 1.73. The van der Waals surface area contributed by atoms with Gasteiger partial charge in [-0.15, -0.1) is 0 Å². The molecular weight excluding hydrogens is 449 g/mol. The van der Waals surface area contributed by atoms with E-state index >= 15 is 0 Å². The number of hydrazone groups is 1. The van der Waals surface area contributed by atoms with Gasteiger partial charge in [0.25, 0.3) is 0 Å². The number of benzene rings is 2. The Labute approximate surface area is 187 Å². The molecule has 5 nitrogen and oxygen atoms in total. The maximum atomic E-state index is 14.6. The second-order valence-corrected chi connectivity index (χ2v) is 7.96. The van der Waals surface area contributed by atoms with Gasteiger partial charge in [0, 0.05) is 37.3 Å². The van der Waals surface area contributed by atoms with Gasteiger partial charge >= 0.3 is 6.18 Å². The minimum Gasteiger partial charge on any atom is -0.375 e. The molecule has 172 valence electrons. The molecule has 11 heteroatoms. The Morgan fingerprint density at radius 3 is 2.69 bits per heavy atom. The first-order chi connectivity index (χ1) is 15.1. The van der Waals surface area contributed by atoms with Crippen LogP contribution in [0.4, 0.5) is 27.6 Å². The van der Waals surface area contributed by atoms with Crippen LogP contribution in [0.2, 0.25) is 0 Å². The lowest BCUT2D eigenvalue weighted by Crippen LogP contribution is -2.35. The summed E-state index contributed by atoms with van der Waals surface area (Å²) >= 11 is 4.58. The van der Waals surface area contributed by atoms with Crippen LogP contribution in [0.3, 0.4) is 0 Å². The standard InChI is InChI=1S/C21H22F5N5S/c1-30(11-13-4-2-3-5-16(13)21(24,25)26)15-6-7-31(12-15)19-9-17(22)14(8-18(19)23)10-28-29-20(27)32/h2-5,8-10,15H,6-7,11-12H2,1H3,(H3,27,29,32)/t15-/m0/s1. The highest BCUT2D eigenvalue weighted by Gasteiger charge is 2.34. The molecule has 0 bridgehead atoms. The third-order valence-electron chi connectivity index (χ3n) is 5.31. The van der Waals surface area contributed by atoms with E-state index in [0.29, 0.717) is 19.5 Å². The van der Waals surface area contributed by atoms with Crippen LogP contribution in [0.1, 0.15) is 23.1 Å². The number of anilines is 1. The van der Waals surface area contributed by atoms with Gasteiger partial charge < -0.3 is 10.6 Å². The number of hydrogen-bond acceptors (Lipinski definition) is 4. The molecule has 0 spiro atoms. The van der Waals surface area contributed by atoms with Gasteiger partial charge in [-0.2, -0.15) is 18.3 Å². The number of halogens is 5. The largest absolute Gasteiger partial charge is 0.416 e. The summed E-state index contributed by atoms with van der Waals surface area (Å²) in [5.41, 5.74) is 7.00.